The average molecular weight is 428 g/mol. The Kier molecular flexibility index (Phi) is 5.03. The minimum absolute atomic E-state index is 0.0287. The van der Waals surface area contributed by atoms with Gasteiger partial charge in [0.15, 0.2) is 23.6 Å². The lowest BCUT2D eigenvalue weighted by atomic mass is 10.1. The highest BCUT2D eigenvalue weighted by Crippen LogP contribution is 2.29. The molecule has 0 radical (unpaired) electrons. The van der Waals surface area contributed by atoms with E-state index in [4.69, 9.17) is 5.73 Å². The van der Waals surface area contributed by atoms with Crippen LogP contribution in [0.15, 0.2) is 42.7 Å². The fraction of sp³-hybridized carbons (Fsp3) is 0.100. The number of aromatic nitrogens is 4. The monoisotopic (exact) mass is 428 g/mol. The van der Waals surface area contributed by atoms with Gasteiger partial charge in [0.1, 0.15) is 28.9 Å². The zero-order chi connectivity index (χ0) is 22.3. The van der Waals surface area contributed by atoms with E-state index in [0.29, 0.717) is 11.2 Å². The second kappa shape index (κ2) is 7.69. The molecule has 8 nitrogen and oxygen atoms in total. The molecule has 4 N–H and O–H groups in total. The van der Waals surface area contributed by atoms with Crippen molar-refractivity contribution >= 4 is 28.4 Å². The fourth-order valence-electron chi connectivity index (χ4n) is 3.12. The third-order valence-electron chi connectivity index (χ3n) is 4.62. The van der Waals surface area contributed by atoms with E-state index in [9.17, 15) is 23.1 Å². The molecule has 0 bridgehead atoms. The topological polar surface area (TPSA) is 119 Å². The Hall–Kier alpha value is -3.99. The summed E-state index contributed by atoms with van der Waals surface area (Å²) in [5.74, 6) is -4.38. The molecule has 4 rings (SSSR count). The number of hydrogen-bond acceptors (Lipinski definition) is 6. The molecule has 2 aromatic heterocycles. The number of nitrogen functional groups attached to an aromatic ring is 1. The number of aliphatic hydroxyl groups is 1. The molecule has 0 aliphatic carbocycles. The first-order valence-corrected chi connectivity index (χ1v) is 8.96. The van der Waals surface area contributed by atoms with Gasteiger partial charge in [-0.2, -0.15) is 5.10 Å². The summed E-state index contributed by atoms with van der Waals surface area (Å²) in [5, 5.41) is 16.3. The Morgan fingerprint density at radius 2 is 1.94 bits per heavy atom. The summed E-state index contributed by atoms with van der Waals surface area (Å²) in [5.41, 5.74) is 6.03. The highest BCUT2D eigenvalue weighted by atomic mass is 19.2. The first kappa shape index (κ1) is 20.3. The van der Waals surface area contributed by atoms with Gasteiger partial charge in [-0.3, -0.25) is 4.79 Å². The standard InChI is InChI=1S/C20H15F3N6O2/c1-9-16-17(19(24)26-8-25-16)29(28-9)13-6-5-12(14(22)15(13)23)27-20(31)18(30)10-3-2-4-11(21)7-10/h2-8,18,30H,1H3,(H,27,31)(H2,24,25,26)/t18-/m1/s1. The minimum Gasteiger partial charge on any atom is -0.382 e. The van der Waals surface area contributed by atoms with Crippen molar-refractivity contribution in [1.82, 2.24) is 19.7 Å². The van der Waals surface area contributed by atoms with Crippen molar-refractivity contribution in [2.75, 3.05) is 11.1 Å². The highest BCUT2D eigenvalue weighted by molar-refractivity contribution is 5.95. The van der Waals surface area contributed by atoms with Crippen LogP contribution in [0.25, 0.3) is 16.7 Å². The molecule has 158 valence electrons. The lowest BCUT2D eigenvalue weighted by molar-refractivity contribution is -0.124. The van der Waals surface area contributed by atoms with Gasteiger partial charge in [-0.25, -0.2) is 27.8 Å². The van der Waals surface area contributed by atoms with Crippen LogP contribution in [0.1, 0.15) is 17.4 Å². The number of hydrogen-bond donors (Lipinski definition) is 3. The van der Waals surface area contributed by atoms with E-state index in [1.807, 2.05) is 0 Å². The number of benzene rings is 2. The zero-order valence-electron chi connectivity index (χ0n) is 16.0. The molecule has 0 fully saturated rings. The Bertz CT molecular complexity index is 1320. The summed E-state index contributed by atoms with van der Waals surface area (Å²) in [6.45, 7) is 1.63. The maximum absolute atomic E-state index is 14.9. The van der Waals surface area contributed by atoms with E-state index >= 15 is 0 Å². The van der Waals surface area contributed by atoms with Crippen LogP contribution in [0.3, 0.4) is 0 Å². The van der Waals surface area contributed by atoms with Crippen LogP contribution in [0.5, 0.6) is 0 Å². The fourth-order valence-corrected chi connectivity index (χ4v) is 3.12. The molecule has 2 aromatic carbocycles. The van der Waals surface area contributed by atoms with E-state index in [1.165, 1.54) is 24.5 Å². The van der Waals surface area contributed by atoms with Gasteiger partial charge >= 0.3 is 0 Å². The number of aliphatic hydroxyl groups excluding tert-OH is 1. The van der Waals surface area contributed by atoms with E-state index in [-0.39, 0.29) is 22.6 Å². The summed E-state index contributed by atoms with van der Waals surface area (Å²) in [6, 6.07) is 7.02. The molecule has 0 saturated heterocycles. The van der Waals surface area contributed by atoms with Crippen molar-refractivity contribution in [2.24, 2.45) is 0 Å². The smallest absolute Gasteiger partial charge is 0.257 e. The van der Waals surface area contributed by atoms with Gasteiger partial charge in [-0.15, -0.1) is 0 Å². The second-order valence-electron chi connectivity index (χ2n) is 6.66. The molecule has 1 amide bonds. The largest absolute Gasteiger partial charge is 0.382 e. The molecule has 1 atom stereocenters. The number of nitrogens with zero attached hydrogens (tertiary/aromatic N) is 4. The molecular formula is C20H15F3N6O2. The third-order valence-corrected chi connectivity index (χ3v) is 4.62. The zero-order valence-corrected chi connectivity index (χ0v) is 16.0. The molecule has 0 spiro atoms. The number of nitrogens with one attached hydrogen (secondary N) is 1. The molecule has 0 aliphatic heterocycles. The quantitative estimate of drug-likeness (QED) is 0.460. The lowest BCUT2D eigenvalue weighted by Crippen LogP contribution is -2.22. The van der Waals surface area contributed by atoms with Gasteiger partial charge in [0.25, 0.3) is 5.91 Å². The Labute approximate surface area is 173 Å². The van der Waals surface area contributed by atoms with Crippen LogP contribution in [0, 0.1) is 24.4 Å². The summed E-state index contributed by atoms with van der Waals surface area (Å²) < 4.78 is 44.0. The number of carbonyl (C=O) groups is 1. The van der Waals surface area contributed by atoms with Crippen molar-refractivity contribution in [3.63, 3.8) is 0 Å². The minimum atomic E-state index is -1.78. The third kappa shape index (κ3) is 3.55. The normalized spacial score (nSPS) is 12.2. The Balaban J connectivity index is 1.68. The Morgan fingerprint density at radius 3 is 2.68 bits per heavy atom. The van der Waals surface area contributed by atoms with Crippen LogP contribution in [-0.2, 0) is 4.79 Å². The number of fused-ring (bicyclic) bond motifs is 1. The van der Waals surface area contributed by atoms with Crippen LogP contribution in [0.2, 0.25) is 0 Å². The first-order chi connectivity index (χ1) is 14.8. The number of halogens is 3. The second-order valence-corrected chi connectivity index (χ2v) is 6.66. The lowest BCUT2D eigenvalue weighted by Gasteiger charge is -2.14. The molecule has 11 heteroatoms. The maximum atomic E-state index is 14.9. The molecule has 2 heterocycles. The van der Waals surface area contributed by atoms with E-state index < -0.39 is 35.2 Å². The Morgan fingerprint density at radius 1 is 1.16 bits per heavy atom. The van der Waals surface area contributed by atoms with Gasteiger partial charge in [0.05, 0.1) is 11.4 Å². The van der Waals surface area contributed by atoms with Crippen molar-refractivity contribution in [1.29, 1.82) is 0 Å². The predicted octanol–water partition coefficient (Wildman–Crippen LogP) is 2.80. The molecule has 31 heavy (non-hydrogen) atoms. The predicted molar refractivity (Wildman–Crippen MR) is 106 cm³/mol. The highest BCUT2D eigenvalue weighted by Gasteiger charge is 2.23. The van der Waals surface area contributed by atoms with Gasteiger partial charge < -0.3 is 16.2 Å². The van der Waals surface area contributed by atoms with Crippen LogP contribution in [-0.4, -0.2) is 30.8 Å². The molecule has 0 unspecified atom stereocenters. The van der Waals surface area contributed by atoms with Crippen molar-refractivity contribution < 1.29 is 23.1 Å². The van der Waals surface area contributed by atoms with Gasteiger partial charge in [0.2, 0.25) is 0 Å². The van der Waals surface area contributed by atoms with Crippen molar-refractivity contribution in [2.45, 2.75) is 13.0 Å². The van der Waals surface area contributed by atoms with E-state index in [0.717, 1.165) is 22.9 Å². The van der Waals surface area contributed by atoms with Crippen LogP contribution < -0.4 is 11.1 Å². The number of rotatable bonds is 4. The maximum Gasteiger partial charge on any atom is 0.257 e. The summed E-state index contributed by atoms with van der Waals surface area (Å²) in [4.78, 5) is 20.1. The van der Waals surface area contributed by atoms with Crippen LogP contribution in [0.4, 0.5) is 24.7 Å². The van der Waals surface area contributed by atoms with E-state index in [2.05, 4.69) is 20.4 Å². The molecule has 0 saturated carbocycles. The van der Waals surface area contributed by atoms with Crippen molar-refractivity contribution in [3.8, 4) is 5.69 Å². The summed E-state index contributed by atoms with van der Waals surface area (Å²) >= 11 is 0. The molecule has 4 aromatic rings. The first-order valence-electron chi connectivity index (χ1n) is 8.96. The van der Waals surface area contributed by atoms with Gasteiger partial charge in [0, 0.05) is 0 Å². The average Bonchev–Trinajstić information content (AvgIpc) is 3.08. The number of amides is 1. The number of carbonyl (C=O) groups excluding carboxylic acids is 1. The number of nitrogens with two attached hydrogens (primary N) is 1. The number of anilines is 2. The molecular weight excluding hydrogens is 413 g/mol. The van der Waals surface area contributed by atoms with Gasteiger partial charge in [-0.1, -0.05) is 12.1 Å². The van der Waals surface area contributed by atoms with Gasteiger partial charge in [-0.05, 0) is 36.8 Å². The summed E-state index contributed by atoms with van der Waals surface area (Å²) in [7, 11) is 0. The summed E-state index contributed by atoms with van der Waals surface area (Å²) in [6.07, 6.45) is -0.552. The SMILES string of the molecule is Cc1nn(-c2ccc(NC(=O)[C@H](O)c3cccc(F)c3)c(F)c2F)c2c(N)ncnc12. The van der Waals surface area contributed by atoms with Crippen LogP contribution >= 0.6 is 0 Å². The van der Waals surface area contributed by atoms with E-state index in [1.54, 1.807) is 6.92 Å². The number of aryl methyl sites for hydroxylation is 1. The molecule has 0 aliphatic rings. The van der Waals surface area contributed by atoms with Crippen molar-refractivity contribution in [3.05, 3.63) is 71.4 Å².